The van der Waals surface area contributed by atoms with Gasteiger partial charge in [0.05, 0.1) is 7.11 Å². The molecule has 1 heterocycles. The number of carbonyl (C=O) groups excluding carboxylic acids is 1. The Morgan fingerprint density at radius 3 is 2.50 bits per heavy atom. The van der Waals surface area contributed by atoms with Crippen molar-refractivity contribution in [2.24, 2.45) is 5.92 Å². The number of hydrogen-bond donors (Lipinski definition) is 1. The van der Waals surface area contributed by atoms with E-state index in [0.717, 1.165) is 11.5 Å². The molecule has 5 nitrogen and oxygen atoms in total. The molecule has 0 aromatic carbocycles. The van der Waals surface area contributed by atoms with Gasteiger partial charge in [-0.2, -0.15) is 4.37 Å². The molecule has 0 saturated carbocycles. The van der Waals surface area contributed by atoms with Crippen LogP contribution in [0.15, 0.2) is 0 Å². The van der Waals surface area contributed by atoms with Gasteiger partial charge in [-0.05, 0) is 31.3 Å². The molecule has 0 fully saturated rings. The number of rotatable bonds is 5. The predicted octanol–water partition coefficient (Wildman–Crippen LogP) is 2.38. The lowest BCUT2D eigenvalue weighted by atomic mass is 10.1. The maximum Gasteiger partial charge on any atom is 0.344 e. The van der Waals surface area contributed by atoms with E-state index in [2.05, 4.69) is 37.0 Å². The highest BCUT2D eigenvalue weighted by Crippen LogP contribution is 2.32. The van der Waals surface area contributed by atoms with Crippen molar-refractivity contribution < 1.29 is 9.53 Å². The Hall–Kier alpha value is -1.30. The number of esters is 1. The average molecular weight is 271 g/mol. The Labute approximate surface area is 112 Å². The second kappa shape index (κ2) is 6.04. The monoisotopic (exact) mass is 271 g/mol. The van der Waals surface area contributed by atoms with Crippen LogP contribution in [0, 0.1) is 5.92 Å². The van der Waals surface area contributed by atoms with Crippen LogP contribution in [0.5, 0.6) is 0 Å². The third kappa shape index (κ3) is 3.13. The van der Waals surface area contributed by atoms with Crippen LogP contribution in [0.2, 0.25) is 0 Å². The molecule has 0 aliphatic heterocycles. The molecule has 1 rings (SSSR count). The molecule has 0 unspecified atom stereocenters. The molecule has 1 aromatic rings. The van der Waals surface area contributed by atoms with E-state index in [4.69, 9.17) is 10.5 Å². The number of anilines is 2. The van der Waals surface area contributed by atoms with Gasteiger partial charge in [0.25, 0.3) is 0 Å². The van der Waals surface area contributed by atoms with Gasteiger partial charge in [-0.1, -0.05) is 13.8 Å². The number of methoxy groups -OCH3 is 1. The number of nitrogen functional groups attached to an aromatic ring is 1. The SMILES string of the molecule is COC(=O)c1c(N)nsc1N(CC(C)C)C(C)C. The molecule has 0 atom stereocenters. The van der Waals surface area contributed by atoms with Crippen LogP contribution < -0.4 is 10.6 Å². The second-order valence-corrected chi connectivity index (χ2v) is 5.63. The zero-order valence-electron chi connectivity index (χ0n) is 11.6. The topological polar surface area (TPSA) is 68.5 Å². The van der Waals surface area contributed by atoms with Crippen LogP contribution >= 0.6 is 11.5 Å². The maximum atomic E-state index is 11.8. The minimum Gasteiger partial charge on any atom is -0.465 e. The van der Waals surface area contributed by atoms with Crippen LogP contribution in [-0.4, -0.2) is 30.0 Å². The summed E-state index contributed by atoms with van der Waals surface area (Å²) in [5.74, 6) is 0.308. The smallest absolute Gasteiger partial charge is 0.344 e. The molecule has 0 bridgehead atoms. The van der Waals surface area contributed by atoms with Crippen LogP contribution in [-0.2, 0) is 4.74 Å². The molecule has 0 aliphatic rings. The molecule has 0 radical (unpaired) electrons. The normalized spacial score (nSPS) is 11.1. The molecule has 0 amide bonds. The molecule has 102 valence electrons. The van der Waals surface area contributed by atoms with E-state index < -0.39 is 5.97 Å². The first-order chi connectivity index (χ1) is 8.38. The molecular formula is C12H21N3O2S. The fourth-order valence-electron chi connectivity index (χ4n) is 1.70. The van der Waals surface area contributed by atoms with Crippen molar-refractivity contribution in [2.75, 3.05) is 24.3 Å². The van der Waals surface area contributed by atoms with E-state index in [9.17, 15) is 4.79 Å². The summed E-state index contributed by atoms with van der Waals surface area (Å²) in [6.07, 6.45) is 0. The molecule has 1 aromatic heterocycles. The predicted molar refractivity (Wildman–Crippen MR) is 75.2 cm³/mol. The van der Waals surface area contributed by atoms with Crippen molar-refractivity contribution in [3.05, 3.63) is 5.56 Å². The Morgan fingerprint density at radius 1 is 1.44 bits per heavy atom. The van der Waals surface area contributed by atoms with Crippen LogP contribution in [0.25, 0.3) is 0 Å². The molecule has 0 aliphatic carbocycles. The Bertz CT molecular complexity index is 415. The van der Waals surface area contributed by atoms with E-state index in [0.29, 0.717) is 11.5 Å². The first-order valence-electron chi connectivity index (χ1n) is 5.98. The van der Waals surface area contributed by atoms with E-state index >= 15 is 0 Å². The third-order valence-corrected chi connectivity index (χ3v) is 3.44. The fraction of sp³-hybridized carbons (Fsp3) is 0.667. The summed E-state index contributed by atoms with van der Waals surface area (Å²) in [5, 5.41) is 0.794. The highest BCUT2D eigenvalue weighted by Gasteiger charge is 2.25. The molecular weight excluding hydrogens is 250 g/mol. The Morgan fingerprint density at radius 2 is 2.06 bits per heavy atom. The second-order valence-electron chi connectivity index (χ2n) is 4.88. The summed E-state index contributed by atoms with van der Waals surface area (Å²) in [4.78, 5) is 13.9. The minimum atomic E-state index is -0.425. The first kappa shape index (κ1) is 14.8. The van der Waals surface area contributed by atoms with Gasteiger partial charge < -0.3 is 15.4 Å². The van der Waals surface area contributed by atoms with Crippen molar-refractivity contribution in [1.82, 2.24) is 4.37 Å². The summed E-state index contributed by atoms with van der Waals surface area (Å²) in [6, 6.07) is 0.274. The summed E-state index contributed by atoms with van der Waals surface area (Å²) >= 11 is 1.25. The number of hydrogen-bond acceptors (Lipinski definition) is 6. The molecule has 0 saturated heterocycles. The fourth-order valence-corrected chi connectivity index (χ4v) is 2.65. The van der Waals surface area contributed by atoms with Crippen LogP contribution in [0.4, 0.5) is 10.8 Å². The lowest BCUT2D eigenvalue weighted by molar-refractivity contribution is 0.0603. The van der Waals surface area contributed by atoms with Crippen molar-refractivity contribution >= 4 is 28.3 Å². The molecule has 2 N–H and O–H groups in total. The van der Waals surface area contributed by atoms with Crippen molar-refractivity contribution in [3.63, 3.8) is 0 Å². The Balaban J connectivity index is 3.16. The van der Waals surface area contributed by atoms with Gasteiger partial charge in [0.2, 0.25) is 0 Å². The van der Waals surface area contributed by atoms with Crippen molar-refractivity contribution in [3.8, 4) is 0 Å². The van der Waals surface area contributed by atoms with E-state index in [-0.39, 0.29) is 11.9 Å². The van der Waals surface area contributed by atoms with Gasteiger partial charge in [-0.25, -0.2) is 4.79 Å². The molecule has 18 heavy (non-hydrogen) atoms. The zero-order valence-corrected chi connectivity index (χ0v) is 12.4. The number of nitrogens with zero attached hydrogens (tertiary/aromatic N) is 2. The quantitative estimate of drug-likeness (QED) is 0.833. The lowest BCUT2D eigenvalue weighted by Gasteiger charge is -2.29. The average Bonchev–Trinajstić information content (AvgIpc) is 2.66. The van der Waals surface area contributed by atoms with Gasteiger partial charge in [-0.15, -0.1) is 0 Å². The van der Waals surface area contributed by atoms with E-state index in [1.54, 1.807) is 0 Å². The van der Waals surface area contributed by atoms with Gasteiger partial charge in [-0.3, -0.25) is 0 Å². The van der Waals surface area contributed by atoms with Gasteiger partial charge in [0.15, 0.2) is 5.82 Å². The number of carbonyl (C=O) groups is 1. The highest BCUT2D eigenvalue weighted by molar-refractivity contribution is 7.11. The Kier molecular flexibility index (Phi) is 4.95. The summed E-state index contributed by atoms with van der Waals surface area (Å²) in [6.45, 7) is 9.29. The molecule has 0 spiro atoms. The maximum absolute atomic E-state index is 11.8. The highest BCUT2D eigenvalue weighted by atomic mass is 32.1. The van der Waals surface area contributed by atoms with E-state index in [1.165, 1.54) is 18.6 Å². The van der Waals surface area contributed by atoms with Gasteiger partial charge >= 0.3 is 5.97 Å². The van der Waals surface area contributed by atoms with Crippen LogP contribution in [0.1, 0.15) is 38.1 Å². The van der Waals surface area contributed by atoms with Crippen molar-refractivity contribution in [1.29, 1.82) is 0 Å². The molecule has 6 heteroatoms. The summed E-state index contributed by atoms with van der Waals surface area (Å²) in [7, 11) is 1.35. The summed E-state index contributed by atoms with van der Waals surface area (Å²) < 4.78 is 8.85. The standard InChI is InChI=1S/C12H21N3O2S/c1-7(2)6-15(8(3)4)11-9(12(16)17-5)10(13)14-18-11/h7-8H,6H2,1-5H3,(H2,13,14). The van der Waals surface area contributed by atoms with E-state index in [1.807, 2.05) is 0 Å². The first-order valence-corrected chi connectivity index (χ1v) is 6.75. The minimum absolute atomic E-state index is 0.247. The number of ether oxygens (including phenoxy) is 1. The lowest BCUT2D eigenvalue weighted by Crippen LogP contribution is -2.34. The number of aromatic nitrogens is 1. The van der Waals surface area contributed by atoms with Crippen molar-refractivity contribution in [2.45, 2.75) is 33.7 Å². The number of nitrogens with two attached hydrogens (primary N) is 1. The van der Waals surface area contributed by atoms with Gasteiger partial charge in [0.1, 0.15) is 10.6 Å². The van der Waals surface area contributed by atoms with Gasteiger partial charge in [0, 0.05) is 12.6 Å². The summed E-state index contributed by atoms with van der Waals surface area (Å²) in [5.41, 5.74) is 6.14. The zero-order chi connectivity index (χ0) is 13.9. The largest absolute Gasteiger partial charge is 0.465 e. The van der Waals surface area contributed by atoms with Crippen LogP contribution in [0.3, 0.4) is 0 Å². The third-order valence-electron chi connectivity index (χ3n) is 2.54.